The Balaban J connectivity index is 2.67. The number of hydrogen-bond acceptors (Lipinski definition) is 3. The molecule has 0 fully saturated rings. The summed E-state index contributed by atoms with van der Waals surface area (Å²) in [5.41, 5.74) is 0. The molecular weight excluding hydrogens is 261 g/mol. The highest BCUT2D eigenvalue weighted by atomic mass is 35.5. The minimum Gasteiger partial charge on any atom is -0.485 e. The second kappa shape index (κ2) is 7.77. The molecule has 3 nitrogen and oxygen atoms in total. The van der Waals surface area contributed by atoms with Gasteiger partial charge >= 0.3 is 0 Å². The van der Waals surface area contributed by atoms with Crippen LogP contribution >= 0.6 is 23.2 Å². The number of likely N-dealkylation sites (N-methyl/N-ethyl adjacent to an activating group) is 1. The number of ether oxygens (including phenoxy) is 2. The lowest BCUT2D eigenvalue weighted by Crippen LogP contribution is -2.34. The lowest BCUT2D eigenvalue weighted by molar-refractivity contribution is 0.0810. The fourth-order valence-electron chi connectivity index (χ4n) is 1.38. The molecule has 0 amide bonds. The van der Waals surface area contributed by atoms with Gasteiger partial charge in [0.25, 0.3) is 0 Å². The molecule has 1 N–H and O–H groups in total. The smallest absolute Gasteiger partial charge is 0.140 e. The Kier molecular flexibility index (Phi) is 6.66. The first kappa shape index (κ1) is 14.6. The Labute approximate surface area is 112 Å². The highest BCUT2D eigenvalue weighted by molar-refractivity contribution is 6.42. The van der Waals surface area contributed by atoms with Crippen molar-refractivity contribution in [2.45, 2.75) is 13.0 Å². The largest absolute Gasteiger partial charge is 0.485 e. The van der Waals surface area contributed by atoms with Crippen molar-refractivity contribution in [2.24, 2.45) is 0 Å². The monoisotopic (exact) mass is 277 g/mol. The summed E-state index contributed by atoms with van der Waals surface area (Å²) >= 11 is 12.0. The van der Waals surface area contributed by atoms with Crippen LogP contribution in [0.15, 0.2) is 18.2 Å². The first-order valence-electron chi connectivity index (χ1n) is 5.49. The van der Waals surface area contributed by atoms with E-state index in [0.29, 0.717) is 28.9 Å². The summed E-state index contributed by atoms with van der Waals surface area (Å²) < 4.78 is 10.9. The van der Waals surface area contributed by atoms with Gasteiger partial charge in [-0.1, -0.05) is 36.2 Å². The Bertz CT molecular complexity index is 347. The average Bonchev–Trinajstić information content (AvgIpc) is 2.32. The second-order valence-electron chi connectivity index (χ2n) is 3.55. The van der Waals surface area contributed by atoms with Crippen LogP contribution in [0.25, 0.3) is 0 Å². The summed E-state index contributed by atoms with van der Waals surface area (Å²) in [5, 5.41) is 4.13. The van der Waals surface area contributed by atoms with E-state index in [9.17, 15) is 0 Å². The molecule has 5 heteroatoms. The number of hydrogen-bond donors (Lipinski definition) is 1. The van der Waals surface area contributed by atoms with Gasteiger partial charge in [-0.25, -0.2) is 0 Å². The molecule has 96 valence electrons. The Morgan fingerprint density at radius 2 is 2.12 bits per heavy atom. The number of benzene rings is 1. The molecule has 0 aliphatic heterocycles. The van der Waals surface area contributed by atoms with Gasteiger partial charge < -0.3 is 14.8 Å². The molecule has 0 spiro atoms. The molecule has 0 aromatic heterocycles. The van der Waals surface area contributed by atoms with Crippen molar-refractivity contribution < 1.29 is 9.47 Å². The summed E-state index contributed by atoms with van der Waals surface area (Å²) in [6.07, 6.45) is -0.0871. The molecule has 17 heavy (non-hydrogen) atoms. The van der Waals surface area contributed by atoms with E-state index in [4.69, 9.17) is 32.7 Å². The van der Waals surface area contributed by atoms with Gasteiger partial charge in [-0.15, -0.1) is 0 Å². The zero-order chi connectivity index (χ0) is 12.7. The molecule has 1 atom stereocenters. The van der Waals surface area contributed by atoms with Crippen molar-refractivity contribution in [1.82, 2.24) is 5.32 Å². The number of nitrogens with one attached hydrogen (secondary N) is 1. The maximum atomic E-state index is 6.05. The Morgan fingerprint density at radius 3 is 2.76 bits per heavy atom. The first-order chi connectivity index (χ1) is 8.19. The summed E-state index contributed by atoms with van der Waals surface area (Å²) in [6, 6.07) is 5.33. The van der Waals surface area contributed by atoms with Gasteiger partial charge in [0.2, 0.25) is 0 Å². The van der Waals surface area contributed by atoms with E-state index in [0.717, 1.165) is 6.54 Å². The molecule has 0 bridgehead atoms. The predicted octanol–water partition coefficient (Wildman–Crippen LogP) is 3.00. The quantitative estimate of drug-likeness (QED) is 0.831. The molecular formula is C12H17Cl2NO2. The molecule has 0 saturated heterocycles. The number of rotatable bonds is 7. The van der Waals surface area contributed by atoms with Gasteiger partial charge in [0.05, 0.1) is 11.6 Å². The lowest BCUT2D eigenvalue weighted by atomic mass is 10.3. The van der Waals surface area contributed by atoms with Crippen LogP contribution in [0.2, 0.25) is 10.0 Å². The van der Waals surface area contributed by atoms with Crippen molar-refractivity contribution in [1.29, 1.82) is 0 Å². The maximum Gasteiger partial charge on any atom is 0.140 e. The molecule has 1 rings (SSSR count). The highest BCUT2D eigenvalue weighted by Crippen LogP contribution is 2.32. The van der Waals surface area contributed by atoms with E-state index in [1.807, 2.05) is 6.92 Å². The Hall–Kier alpha value is -0.480. The van der Waals surface area contributed by atoms with Crippen molar-refractivity contribution in [2.75, 3.05) is 26.8 Å². The topological polar surface area (TPSA) is 30.5 Å². The minimum absolute atomic E-state index is 0.0871. The number of methoxy groups -OCH3 is 1. The van der Waals surface area contributed by atoms with E-state index in [1.54, 1.807) is 25.3 Å². The molecule has 0 saturated carbocycles. The fourth-order valence-corrected chi connectivity index (χ4v) is 1.72. The highest BCUT2D eigenvalue weighted by Gasteiger charge is 2.13. The lowest BCUT2D eigenvalue weighted by Gasteiger charge is -2.19. The zero-order valence-electron chi connectivity index (χ0n) is 10.0. The van der Waals surface area contributed by atoms with Crippen LogP contribution in [0, 0.1) is 0 Å². The van der Waals surface area contributed by atoms with Crippen LogP contribution in [-0.2, 0) is 4.74 Å². The third-order valence-electron chi connectivity index (χ3n) is 2.18. The summed E-state index contributed by atoms with van der Waals surface area (Å²) in [7, 11) is 1.64. The molecule has 1 unspecified atom stereocenters. The van der Waals surface area contributed by atoms with Gasteiger partial charge in [-0.05, 0) is 18.7 Å². The van der Waals surface area contributed by atoms with Crippen LogP contribution in [0.5, 0.6) is 5.75 Å². The van der Waals surface area contributed by atoms with E-state index in [-0.39, 0.29) is 6.10 Å². The van der Waals surface area contributed by atoms with Gasteiger partial charge in [-0.2, -0.15) is 0 Å². The van der Waals surface area contributed by atoms with Crippen molar-refractivity contribution in [3.8, 4) is 5.75 Å². The minimum atomic E-state index is -0.0871. The first-order valence-corrected chi connectivity index (χ1v) is 6.25. The van der Waals surface area contributed by atoms with Gasteiger partial charge in [0.15, 0.2) is 0 Å². The third-order valence-corrected chi connectivity index (χ3v) is 2.99. The maximum absolute atomic E-state index is 6.05. The predicted molar refractivity (Wildman–Crippen MR) is 71.3 cm³/mol. The molecule has 0 aliphatic carbocycles. The molecule has 1 aromatic carbocycles. The Morgan fingerprint density at radius 1 is 1.35 bits per heavy atom. The normalized spacial score (nSPS) is 12.5. The molecule has 0 heterocycles. The average molecular weight is 278 g/mol. The zero-order valence-corrected chi connectivity index (χ0v) is 11.5. The fraction of sp³-hybridized carbons (Fsp3) is 0.500. The van der Waals surface area contributed by atoms with E-state index < -0.39 is 0 Å². The molecule has 0 aliphatic rings. The van der Waals surface area contributed by atoms with Crippen LogP contribution in [0.4, 0.5) is 0 Å². The van der Waals surface area contributed by atoms with Crippen molar-refractivity contribution in [3.05, 3.63) is 28.2 Å². The summed E-state index contributed by atoms with van der Waals surface area (Å²) in [6.45, 7) is 4.12. The van der Waals surface area contributed by atoms with E-state index in [1.165, 1.54) is 0 Å². The SMILES string of the molecule is CCNCC(COC)Oc1cccc(Cl)c1Cl. The van der Waals surface area contributed by atoms with E-state index >= 15 is 0 Å². The third kappa shape index (κ3) is 4.72. The van der Waals surface area contributed by atoms with Crippen LogP contribution in [0.1, 0.15) is 6.92 Å². The summed E-state index contributed by atoms with van der Waals surface area (Å²) in [5.74, 6) is 0.583. The van der Waals surface area contributed by atoms with Crippen LogP contribution < -0.4 is 10.1 Å². The van der Waals surface area contributed by atoms with Crippen LogP contribution in [0.3, 0.4) is 0 Å². The van der Waals surface area contributed by atoms with Crippen molar-refractivity contribution in [3.63, 3.8) is 0 Å². The standard InChI is InChI=1S/C12H17Cl2NO2/c1-3-15-7-9(8-16-2)17-11-6-4-5-10(13)12(11)14/h4-6,9,15H,3,7-8H2,1-2H3. The molecule has 0 radical (unpaired) electrons. The molecule has 1 aromatic rings. The van der Waals surface area contributed by atoms with Gasteiger partial charge in [0, 0.05) is 13.7 Å². The van der Waals surface area contributed by atoms with Gasteiger partial charge in [0.1, 0.15) is 16.9 Å². The number of halogens is 2. The summed E-state index contributed by atoms with van der Waals surface area (Å²) in [4.78, 5) is 0. The van der Waals surface area contributed by atoms with E-state index in [2.05, 4.69) is 5.32 Å². The van der Waals surface area contributed by atoms with Gasteiger partial charge in [-0.3, -0.25) is 0 Å². The van der Waals surface area contributed by atoms with Crippen molar-refractivity contribution >= 4 is 23.2 Å². The van der Waals surface area contributed by atoms with Crippen LogP contribution in [-0.4, -0.2) is 32.9 Å². The second-order valence-corrected chi connectivity index (χ2v) is 4.34.